The highest BCUT2D eigenvalue weighted by Crippen LogP contribution is 2.27. The van der Waals surface area contributed by atoms with Gasteiger partial charge in [-0.25, -0.2) is 9.48 Å². The lowest BCUT2D eigenvalue weighted by molar-refractivity contribution is 0.0600. The number of esters is 1. The summed E-state index contributed by atoms with van der Waals surface area (Å²) in [6.45, 7) is 0.368. The molecular weight excluding hydrogens is 354 g/mol. The second-order valence-electron chi connectivity index (χ2n) is 6.75. The number of benzene rings is 2. The fourth-order valence-corrected chi connectivity index (χ4v) is 3.55. The molecule has 0 saturated carbocycles. The largest absolute Gasteiger partial charge is 0.465 e. The Morgan fingerprint density at radius 1 is 1.07 bits per heavy atom. The first kappa shape index (κ1) is 18.0. The first-order valence-corrected chi connectivity index (χ1v) is 9.29. The van der Waals surface area contributed by atoms with Crippen molar-refractivity contribution in [3.63, 3.8) is 0 Å². The maximum Gasteiger partial charge on any atom is 0.337 e. The lowest BCUT2D eigenvalue weighted by atomic mass is 10.1. The van der Waals surface area contributed by atoms with Crippen molar-refractivity contribution in [2.45, 2.75) is 25.8 Å². The minimum Gasteiger partial charge on any atom is -0.465 e. The highest BCUT2D eigenvalue weighted by Gasteiger charge is 2.26. The van der Waals surface area contributed by atoms with Crippen LogP contribution in [0.3, 0.4) is 0 Å². The van der Waals surface area contributed by atoms with Gasteiger partial charge in [0, 0.05) is 17.8 Å². The van der Waals surface area contributed by atoms with Crippen molar-refractivity contribution in [2.24, 2.45) is 0 Å². The molecule has 1 aromatic heterocycles. The maximum atomic E-state index is 12.8. The molecule has 0 aliphatic heterocycles. The van der Waals surface area contributed by atoms with Gasteiger partial charge < -0.3 is 10.1 Å². The van der Waals surface area contributed by atoms with Crippen LogP contribution < -0.4 is 5.32 Å². The normalized spacial score (nSPS) is 12.5. The molecule has 0 unspecified atom stereocenters. The van der Waals surface area contributed by atoms with E-state index in [-0.39, 0.29) is 11.9 Å². The van der Waals surface area contributed by atoms with Crippen molar-refractivity contribution < 1.29 is 14.3 Å². The second-order valence-corrected chi connectivity index (χ2v) is 6.75. The predicted octanol–water partition coefficient (Wildman–Crippen LogP) is 3.08. The molecule has 1 amide bonds. The van der Waals surface area contributed by atoms with Gasteiger partial charge in [-0.1, -0.05) is 30.3 Å². The molecule has 0 bridgehead atoms. The zero-order valence-electron chi connectivity index (χ0n) is 15.6. The summed E-state index contributed by atoms with van der Waals surface area (Å²) in [5, 5.41) is 7.55. The summed E-state index contributed by atoms with van der Waals surface area (Å²) >= 11 is 0. The van der Waals surface area contributed by atoms with E-state index in [0.29, 0.717) is 17.8 Å². The van der Waals surface area contributed by atoms with Crippen molar-refractivity contribution >= 4 is 11.9 Å². The number of ether oxygens (including phenoxy) is 1. The Bertz CT molecular complexity index is 1010. The molecule has 3 aromatic rings. The second kappa shape index (κ2) is 7.68. The van der Waals surface area contributed by atoms with Crippen LogP contribution in [0.5, 0.6) is 0 Å². The smallest absolute Gasteiger partial charge is 0.337 e. The highest BCUT2D eigenvalue weighted by molar-refractivity contribution is 5.94. The molecule has 142 valence electrons. The number of aromatic nitrogens is 2. The average molecular weight is 375 g/mol. The summed E-state index contributed by atoms with van der Waals surface area (Å²) in [5.74, 6) is -0.553. The highest BCUT2D eigenvalue weighted by atomic mass is 16.5. The van der Waals surface area contributed by atoms with E-state index in [4.69, 9.17) is 4.74 Å². The van der Waals surface area contributed by atoms with Crippen LogP contribution in [0, 0.1) is 0 Å². The third-order valence-corrected chi connectivity index (χ3v) is 4.97. The van der Waals surface area contributed by atoms with Crippen LogP contribution in [0.4, 0.5) is 0 Å². The van der Waals surface area contributed by atoms with E-state index in [1.807, 2.05) is 35.0 Å². The Hall–Kier alpha value is -3.41. The fourth-order valence-electron chi connectivity index (χ4n) is 3.55. The molecule has 0 fully saturated rings. The third kappa shape index (κ3) is 3.41. The van der Waals surface area contributed by atoms with Gasteiger partial charge in [0.15, 0.2) is 5.69 Å². The summed E-state index contributed by atoms with van der Waals surface area (Å²) in [6.07, 6.45) is 2.84. The van der Waals surface area contributed by atoms with Crippen LogP contribution in [-0.2, 0) is 24.1 Å². The Labute approximate surface area is 163 Å². The lowest BCUT2D eigenvalue weighted by Crippen LogP contribution is -2.24. The van der Waals surface area contributed by atoms with Gasteiger partial charge in [-0.3, -0.25) is 4.79 Å². The van der Waals surface area contributed by atoms with E-state index in [2.05, 4.69) is 10.4 Å². The number of carbonyl (C=O) groups is 2. The SMILES string of the molecule is COC(=O)c1ccc(CNC(=O)c2nn(-c3ccccc3)c3c2CCC3)cc1. The molecule has 2 aromatic carbocycles. The number of methoxy groups -OCH3 is 1. The maximum absolute atomic E-state index is 12.8. The van der Waals surface area contributed by atoms with Crippen molar-refractivity contribution in [1.82, 2.24) is 15.1 Å². The molecule has 0 saturated heterocycles. The van der Waals surface area contributed by atoms with E-state index in [9.17, 15) is 9.59 Å². The summed E-state index contributed by atoms with van der Waals surface area (Å²) in [6, 6.07) is 16.9. The van der Waals surface area contributed by atoms with Gasteiger partial charge in [0.1, 0.15) is 0 Å². The van der Waals surface area contributed by atoms with Gasteiger partial charge in [-0.2, -0.15) is 5.10 Å². The Morgan fingerprint density at radius 3 is 2.54 bits per heavy atom. The van der Waals surface area contributed by atoms with Gasteiger partial charge in [0.25, 0.3) is 5.91 Å². The van der Waals surface area contributed by atoms with E-state index in [0.717, 1.165) is 41.8 Å². The zero-order chi connectivity index (χ0) is 19.5. The van der Waals surface area contributed by atoms with E-state index < -0.39 is 0 Å². The van der Waals surface area contributed by atoms with E-state index in [1.54, 1.807) is 24.3 Å². The van der Waals surface area contributed by atoms with Gasteiger partial charge in [0.05, 0.1) is 18.4 Å². The summed E-state index contributed by atoms with van der Waals surface area (Å²) < 4.78 is 6.59. The molecule has 4 rings (SSSR count). The van der Waals surface area contributed by atoms with Crippen LogP contribution in [-0.4, -0.2) is 28.8 Å². The molecule has 0 spiro atoms. The number of para-hydroxylation sites is 1. The minimum absolute atomic E-state index is 0.176. The molecule has 0 radical (unpaired) electrons. The van der Waals surface area contributed by atoms with Crippen LogP contribution >= 0.6 is 0 Å². The molecule has 1 heterocycles. The summed E-state index contributed by atoms with van der Waals surface area (Å²) in [7, 11) is 1.35. The molecule has 1 aliphatic rings. The van der Waals surface area contributed by atoms with Gasteiger partial charge in [0.2, 0.25) is 0 Å². The van der Waals surface area contributed by atoms with Crippen molar-refractivity contribution in [3.8, 4) is 5.69 Å². The number of nitrogens with one attached hydrogen (secondary N) is 1. The standard InChI is InChI=1S/C22H21N3O3/c1-28-22(27)16-12-10-15(11-13-16)14-23-21(26)20-18-8-5-9-19(18)25(24-20)17-6-3-2-4-7-17/h2-4,6-7,10-13H,5,8-9,14H2,1H3,(H,23,26). The van der Waals surface area contributed by atoms with Crippen LogP contribution in [0.1, 0.15) is 44.1 Å². The lowest BCUT2D eigenvalue weighted by Gasteiger charge is -2.06. The third-order valence-electron chi connectivity index (χ3n) is 4.97. The van der Waals surface area contributed by atoms with E-state index >= 15 is 0 Å². The first-order valence-electron chi connectivity index (χ1n) is 9.29. The molecule has 1 N–H and O–H groups in total. The number of rotatable bonds is 5. The Kier molecular flexibility index (Phi) is 4.93. The van der Waals surface area contributed by atoms with Crippen LogP contribution in [0.15, 0.2) is 54.6 Å². The van der Waals surface area contributed by atoms with Crippen LogP contribution in [0.25, 0.3) is 5.69 Å². The average Bonchev–Trinajstić information content (AvgIpc) is 3.35. The van der Waals surface area contributed by atoms with Crippen molar-refractivity contribution in [3.05, 3.63) is 82.7 Å². The molecule has 28 heavy (non-hydrogen) atoms. The number of nitrogens with zero attached hydrogens (tertiary/aromatic N) is 2. The Morgan fingerprint density at radius 2 is 1.82 bits per heavy atom. The molecule has 1 aliphatic carbocycles. The molecule has 6 nitrogen and oxygen atoms in total. The Balaban J connectivity index is 1.51. The number of carbonyl (C=O) groups excluding carboxylic acids is 2. The number of hydrogen-bond donors (Lipinski definition) is 1. The van der Waals surface area contributed by atoms with Gasteiger partial charge in [-0.05, 0) is 49.1 Å². The topological polar surface area (TPSA) is 73.2 Å². The van der Waals surface area contributed by atoms with Crippen molar-refractivity contribution in [1.29, 1.82) is 0 Å². The minimum atomic E-state index is -0.377. The summed E-state index contributed by atoms with van der Waals surface area (Å²) in [5.41, 5.74) is 5.03. The van der Waals surface area contributed by atoms with Gasteiger partial charge in [-0.15, -0.1) is 0 Å². The number of amides is 1. The summed E-state index contributed by atoms with van der Waals surface area (Å²) in [4.78, 5) is 24.3. The van der Waals surface area contributed by atoms with Gasteiger partial charge >= 0.3 is 5.97 Å². The molecule has 6 heteroatoms. The number of hydrogen-bond acceptors (Lipinski definition) is 4. The fraction of sp³-hybridized carbons (Fsp3) is 0.227. The number of fused-ring (bicyclic) bond motifs is 1. The first-order chi connectivity index (χ1) is 13.7. The quantitative estimate of drug-likeness (QED) is 0.696. The monoisotopic (exact) mass is 375 g/mol. The van der Waals surface area contributed by atoms with E-state index in [1.165, 1.54) is 7.11 Å². The molecule has 0 atom stereocenters. The predicted molar refractivity (Wildman–Crippen MR) is 105 cm³/mol. The van der Waals surface area contributed by atoms with Crippen LogP contribution in [0.2, 0.25) is 0 Å². The molecular formula is C22H21N3O3. The van der Waals surface area contributed by atoms with Crippen molar-refractivity contribution in [2.75, 3.05) is 7.11 Å². The zero-order valence-corrected chi connectivity index (χ0v) is 15.6.